The third kappa shape index (κ3) is 3.28. The van der Waals surface area contributed by atoms with E-state index in [4.69, 9.17) is 0 Å². The molecule has 2 bridgehead atoms. The quantitative estimate of drug-likeness (QED) is 0.801. The number of amides is 1. The molecule has 1 heterocycles. The Morgan fingerprint density at radius 1 is 1.12 bits per heavy atom. The van der Waals surface area contributed by atoms with Crippen LogP contribution in [0.4, 0.5) is 0 Å². The van der Waals surface area contributed by atoms with E-state index in [-0.39, 0.29) is 17.7 Å². The summed E-state index contributed by atoms with van der Waals surface area (Å²) < 4.78 is 0. The van der Waals surface area contributed by atoms with Crippen LogP contribution in [-0.4, -0.2) is 29.6 Å². The standard InChI is InChI=1S/C19H20N2O2S/c22-14-2-1-3-16(10-14)24-15-6-4-13(5-7-15)19(23)21-18-9-12-8-17(18)20-11-12/h1-7,10,12,17-18,20,22H,8-9,11H2,(H,21,23). The minimum atomic E-state index is 0.00301. The van der Waals surface area contributed by atoms with E-state index in [1.807, 2.05) is 36.4 Å². The Labute approximate surface area is 145 Å². The van der Waals surface area contributed by atoms with Crippen molar-refractivity contribution in [1.29, 1.82) is 0 Å². The first-order valence-electron chi connectivity index (χ1n) is 8.28. The van der Waals surface area contributed by atoms with Gasteiger partial charge < -0.3 is 15.7 Å². The van der Waals surface area contributed by atoms with E-state index in [1.54, 1.807) is 23.9 Å². The van der Waals surface area contributed by atoms with Crippen LogP contribution in [0, 0.1) is 5.92 Å². The molecule has 1 saturated heterocycles. The maximum absolute atomic E-state index is 12.4. The van der Waals surface area contributed by atoms with Gasteiger partial charge in [-0.05, 0) is 67.8 Å². The highest BCUT2D eigenvalue weighted by Gasteiger charge is 2.39. The summed E-state index contributed by atoms with van der Waals surface area (Å²) in [7, 11) is 0. The van der Waals surface area contributed by atoms with Gasteiger partial charge in [-0.3, -0.25) is 4.79 Å². The molecule has 0 spiro atoms. The fourth-order valence-electron chi connectivity index (χ4n) is 3.62. The van der Waals surface area contributed by atoms with E-state index in [0.717, 1.165) is 28.7 Å². The molecular weight excluding hydrogens is 320 g/mol. The first-order valence-corrected chi connectivity index (χ1v) is 9.10. The van der Waals surface area contributed by atoms with E-state index < -0.39 is 0 Å². The molecular formula is C19H20N2O2S. The molecule has 0 radical (unpaired) electrons. The largest absolute Gasteiger partial charge is 0.508 e. The summed E-state index contributed by atoms with van der Waals surface area (Å²) in [5.74, 6) is 0.986. The zero-order valence-corrected chi connectivity index (χ0v) is 14.1. The maximum atomic E-state index is 12.4. The van der Waals surface area contributed by atoms with Gasteiger partial charge in [-0.25, -0.2) is 0 Å². The number of carbonyl (C=O) groups is 1. The van der Waals surface area contributed by atoms with Crippen LogP contribution in [0.25, 0.3) is 0 Å². The van der Waals surface area contributed by atoms with Gasteiger partial charge in [0.15, 0.2) is 0 Å². The second-order valence-corrected chi connectivity index (χ2v) is 7.70. The zero-order chi connectivity index (χ0) is 16.5. The van der Waals surface area contributed by atoms with Gasteiger partial charge in [-0.1, -0.05) is 17.8 Å². The molecule has 1 aliphatic heterocycles. The van der Waals surface area contributed by atoms with E-state index >= 15 is 0 Å². The SMILES string of the molecule is O=C(NC1CC2CNC1C2)c1ccc(Sc2cccc(O)c2)cc1. The lowest BCUT2D eigenvalue weighted by atomic mass is 10.1. The van der Waals surface area contributed by atoms with Crippen LogP contribution >= 0.6 is 11.8 Å². The topological polar surface area (TPSA) is 61.4 Å². The Morgan fingerprint density at radius 3 is 2.62 bits per heavy atom. The van der Waals surface area contributed by atoms with E-state index in [9.17, 15) is 9.90 Å². The number of fused-ring (bicyclic) bond motifs is 2. The summed E-state index contributed by atoms with van der Waals surface area (Å²) in [6.07, 6.45) is 2.28. The number of aromatic hydroxyl groups is 1. The van der Waals surface area contributed by atoms with E-state index in [2.05, 4.69) is 10.6 Å². The van der Waals surface area contributed by atoms with Crippen molar-refractivity contribution < 1.29 is 9.90 Å². The Kier molecular flexibility index (Phi) is 4.21. The Balaban J connectivity index is 1.39. The summed E-state index contributed by atoms with van der Waals surface area (Å²) in [6.45, 7) is 1.10. The first-order chi connectivity index (χ1) is 11.7. The average Bonchev–Trinajstić information content (AvgIpc) is 3.18. The van der Waals surface area contributed by atoms with Crippen LogP contribution in [0.2, 0.25) is 0 Å². The summed E-state index contributed by atoms with van der Waals surface area (Å²) in [6, 6.07) is 15.5. The van der Waals surface area contributed by atoms with Crippen molar-refractivity contribution in [3.05, 3.63) is 54.1 Å². The number of rotatable bonds is 4. The lowest BCUT2D eigenvalue weighted by Gasteiger charge is -2.24. The highest BCUT2D eigenvalue weighted by Crippen LogP contribution is 2.32. The van der Waals surface area contributed by atoms with Crippen LogP contribution < -0.4 is 10.6 Å². The van der Waals surface area contributed by atoms with Crippen LogP contribution in [0.5, 0.6) is 5.75 Å². The van der Waals surface area contributed by atoms with Crippen molar-refractivity contribution in [1.82, 2.24) is 10.6 Å². The molecule has 1 saturated carbocycles. The van der Waals surface area contributed by atoms with Gasteiger partial charge >= 0.3 is 0 Å². The summed E-state index contributed by atoms with van der Waals surface area (Å²) >= 11 is 1.56. The highest BCUT2D eigenvalue weighted by atomic mass is 32.2. The van der Waals surface area contributed by atoms with Crippen LogP contribution in [-0.2, 0) is 0 Å². The third-order valence-electron chi connectivity index (χ3n) is 4.82. The van der Waals surface area contributed by atoms with Gasteiger partial charge in [0.2, 0.25) is 0 Å². The number of carbonyl (C=O) groups excluding carboxylic acids is 1. The number of piperidine rings is 1. The first kappa shape index (κ1) is 15.5. The lowest BCUT2D eigenvalue weighted by molar-refractivity contribution is 0.0928. The molecule has 2 aromatic rings. The second kappa shape index (κ2) is 6.49. The number of hydrogen-bond acceptors (Lipinski definition) is 4. The van der Waals surface area contributed by atoms with Gasteiger partial charge in [0, 0.05) is 27.4 Å². The maximum Gasteiger partial charge on any atom is 0.251 e. The third-order valence-corrected chi connectivity index (χ3v) is 5.81. The van der Waals surface area contributed by atoms with Gasteiger partial charge in [0.25, 0.3) is 5.91 Å². The fourth-order valence-corrected chi connectivity index (χ4v) is 4.49. The molecule has 1 amide bonds. The number of benzene rings is 2. The molecule has 3 atom stereocenters. The summed E-state index contributed by atoms with van der Waals surface area (Å²) in [5.41, 5.74) is 0.693. The van der Waals surface area contributed by atoms with Crippen molar-refractivity contribution in [2.75, 3.05) is 6.54 Å². The van der Waals surface area contributed by atoms with Crippen molar-refractivity contribution >= 4 is 17.7 Å². The van der Waals surface area contributed by atoms with Crippen LogP contribution in [0.1, 0.15) is 23.2 Å². The molecule has 124 valence electrons. The fraction of sp³-hybridized carbons (Fsp3) is 0.316. The molecule has 3 unspecified atom stereocenters. The molecule has 3 N–H and O–H groups in total. The van der Waals surface area contributed by atoms with Crippen molar-refractivity contribution in [2.24, 2.45) is 5.92 Å². The normalized spacial score (nSPS) is 24.9. The van der Waals surface area contributed by atoms with Crippen LogP contribution in [0.15, 0.2) is 58.3 Å². The molecule has 24 heavy (non-hydrogen) atoms. The molecule has 4 nitrogen and oxygen atoms in total. The second-order valence-electron chi connectivity index (χ2n) is 6.56. The molecule has 5 heteroatoms. The van der Waals surface area contributed by atoms with Crippen molar-refractivity contribution in [2.45, 2.75) is 34.7 Å². The molecule has 2 fully saturated rings. The van der Waals surface area contributed by atoms with Gasteiger partial charge in [0.05, 0.1) is 0 Å². The average molecular weight is 340 g/mol. The molecule has 1 aliphatic carbocycles. The van der Waals surface area contributed by atoms with E-state index in [1.165, 1.54) is 6.42 Å². The molecule has 0 aromatic heterocycles. The van der Waals surface area contributed by atoms with Crippen molar-refractivity contribution in [3.63, 3.8) is 0 Å². The minimum Gasteiger partial charge on any atom is -0.508 e. The number of nitrogens with one attached hydrogen (secondary N) is 2. The zero-order valence-electron chi connectivity index (χ0n) is 13.2. The van der Waals surface area contributed by atoms with E-state index in [0.29, 0.717) is 11.6 Å². The monoisotopic (exact) mass is 340 g/mol. The Hall–Kier alpha value is -1.98. The predicted octanol–water partition coefficient (Wildman–Crippen LogP) is 3.02. The van der Waals surface area contributed by atoms with Gasteiger partial charge in [0.1, 0.15) is 5.75 Å². The van der Waals surface area contributed by atoms with Crippen LogP contribution in [0.3, 0.4) is 0 Å². The Morgan fingerprint density at radius 2 is 1.96 bits per heavy atom. The summed E-state index contributed by atoms with van der Waals surface area (Å²) in [4.78, 5) is 14.4. The summed E-state index contributed by atoms with van der Waals surface area (Å²) in [5, 5.41) is 16.1. The number of phenolic OH excluding ortho intramolecular Hbond substituents is 1. The van der Waals surface area contributed by atoms with Crippen molar-refractivity contribution in [3.8, 4) is 5.75 Å². The molecule has 4 rings (SSSR count). The number of hydrogen-bond donors (Lipinski definition) is 3. The number of phenols is 1. The van der Waals surface area contributed by atoms with Gasteiger partial charge in [-0.15, -0.1) is 0 Å². The Bertz CT molecular complexity index is 747. The minimum absolute atomic E-state index is 0.00301. The van der Waals surface area contributed by atoms with Gasteiger partial charge in [-0.2, -0.15) is 0 Å². The molecule has 2 aromatic carbocycles. The molecule has 2 aliphatic rings. The highest BCUT2D eigenvalue weighted by molar-refractivity contribution is 7.99. The predicted molar refractivity (Wildman–Crippen MR) is 94.4 cm³/mol. The smallest absolute Gasteiger partial charge is 0.251 e. The lowest BCUT2D eigenvalue weighted by Crippen LogP contribution is -2.47.